The molecule has 0 saturated carbocycles. The van der Waals surface area contributed by atoms with Crippen molar-refractivity contribution in [3.63, 3.8) is 0 Å². The summed E-state index contributed by atoms with van der Waals surface area (Å²) < 4.78 is 41.4. The summed E-state index contributed by atoms with van der Waals surface area (Å²) in [5.41, 5.74) is -0.511. The number of carbonyl (C=O) groups is 1. The molecule has 1 aromatic carbocycles. The third-order valence-corrected chi connectivity index (χ3v) is 4.28. The van der Waals surface area contributed by atoms with Crippen LogP contribution in [0.1, 0.15) is 10.4 Å². The molecule has 0 aliphatic rings. The van der Waals surface area contributed by atoms with Crippen LogP contribution < -0.4 is 4.72 Å². The van der Waals surface area contributed by atoms with E-state index in [0.717, 1.165) is 0 Å². The van der Waals surface area contributed by atoms with Crippen LogP contribution in [0.2, 0.25) is 5.02 Å². The van der Waals surface area contributed by atoms with Gasteiger partial charge in [0.2, 0.25) is 0 Å². The zero-order chi connectivity index (χ0) is 15.8. The average molecular weight is 334 g/mol. The van der Waals surface area contributed by atoms with Crippen molar-refractivity contribution in [2.45, 2.75) is 4.90 Å². The van der Waals surface area contributed by atoms with E-state index < -0.39 is 32.3 Å². The summed E-state index contributed by atoms with van der Waals surface area (Å²) in [6.07, 6.45) is 1.35. The number of nitrogens with one attached hydrogen (secondary N) is 1. The second kappa shape index (κ2) is 5.34. The Bertz CT molecular complexity index is 819. The molecule has 7 nitrogen and oxygen atoms in total. The molecule has 0 aliphatic carbocycles. The van der Waals surface area contributed by atoms with Crippen molar-refractivity contribution >= 4 is 33.4 Å². The minimum atomic E-state index is -4.32. The van der Waals surface area contributed by atoms with E-state index in [1.807, 2.05) is 0 Å². The standard InChI is InChI=1S/C11H9ClFN3O4S/c1-16-10(2-3-14-16)15-21(19,20)9-4-6(11(17)18)7(12)5-8(9)13/h2-5,15H,1H3,(H,17,18). The van der Waals surface area contributed by atoms with Crippen molar-refractivity contribution in [3.05, 3.63) is 40.8 Å². The van der Waals surface area contributed by atoms with Crippen molar-refractivity contribution in [1.82, 2.24) is 9.78 Å². The first kappa shape index (κ1) is 15.3. The summed E-state index contributed by atoms with van der Waals surface area (Å²) in [4.78, 5) is 10.1. The summed E-state index contributed by atoms with van der Waals surface area (Å²) in [6, 6.07) is 2.67. The second-order valence-electron chi connectivity index (χ2n) is 4.01. The minimum Gasteiger partial charge on any atom is -0.478 e. The molecule has 10 heteroatoms. The number of aromatic carboxylic acids is 1. The lowest BCUT2D eigenvalue weighted by molar-refractivity contribution is 0.0696. The van der Waals surface area contributed by atoms with Gasteiger partial charge in [0.1, 0.15) is 16.5 Å². The molecule has 0 bridgehead atoms. The molecular formula is C11H9ClFN3O4S. The third-order valence-electron chi connectivity index (χ3n) is 2.60. The largest absolute Gasteiger partial charge is 0.478 e. The van der Waals surface area contributed by atoms with Gasteiger partial charge in [0, 0.05) is 13.1 Å². The van der Waals surface area contributed by atoms with Crippen LogP contribution in [0, 0.1) is 5.82 Å². The molecule has 2 rings (SSSR count). The SMILES string of the molecule is Cn1nccc1NS(=O)(=O)c1cc(C(=O)O)c(Cl)cc1F. The van der Waals surface area contributed by atoms with Gasteiger partial charge in [0.05, 0.1) is 16.8 Å². The van der Waals surface area contributed by atoms with E-state index in [1.165, 1.54) is 24.0 Å². The van der Waals surface area contributed by atoms with Crippen LogP contribution in [0.15, 0.2) is 29.3 Å². The minimum absolute atomic E-state index is 0.0984. The normalized spacial score (nSPS) is 11.4. The predicted octanol–water partition coefficient (Wildman–Crippen LogP) is 1.71. The first-order valence-corrected chi connectivity index (χ1v) is 7.31. The lowest BCUT2D eigenvalue weighted by Crippen LogP contribution is -2.17. The van der Waals surface area contributed by atoms with E-state index in [-0.39, 0.29) is 10.8 Å². The fourth-order valence-corrected chi connectivity index (χ4v) is 2.97. The van der Waals surface area contributed by atoms with Crippen LogP contribution >= 0.6 is 11.6 Å². The van der Waals surface area contributed by atoms with Crippen LogP contribution in [0.5, 0.6) is 0 Å². The summed E-state index contributed by atoms with van der Waals surface area (Å²) in [5.74, 6) is -2.52. The first-order valence-electron chi connectivity index (χ1n) is 5.45. The molecule has 1 heterocycles. The molecule has 0 saturated heterocycles. The Hall–Kier alpha value is -2.13. The van der Waals surface area contributed by atoms with Crippen LogP contribution in [-0.4, -0.2) is 29.3 Å². The topological polar surface area (TPSA) is 101 Å². The Kier molecular flexibility index (Phi) is 3.88. The molecule has 0 aliphatic heterocycles. The van der Waals surface area contributed by atoms with Gasteiger partial charge < -0.3 is 5.11 Å². The third kappa shape index (κ3) is 2.98. The van der Waals surface area contributed by atoms with Crippen molar-refractivity contribution in [3.8, 4) is 0 Å². The molecule has 0 fully saturated rings. The van der Waals surface area contributed by atoms with Crippen LogP contribution in [0.3, 0.4) is 0 Å². The number of hydrogen-bond donors (Lipinski definition) is 2. The summed E-state index contributed by atoms with van der Waals surface area (Å²) in [5, 5.41) is 12.3. The van der Waals surface area contributed by atoms with E-state index in [4.69, 9.17) is 16.7 Å². The van der Waals surface area contributed by atoms with Gasteiger partial charge in [-0.15, -0.1) is 0 Å². The van der Waals surface area contributed by atoms with Gasteiger partial charge in [-0.25, -0.2) is 17.6 Å². The fraction of sp³-hybridized carbons (Fsp3) is 0.0909. The molecule has 112 valence electrons. The highest BCUT2D eigenvalue weighted by Crippen LogP contribution is 2.25. The molecule has 0 spiro atoms. The van der Waals surface area contributed by atoms with Crippen molar-refractivity contribution in [2.24, 2.45) is 7.05 Å². The lowest BCUT2D eigenvalue weighted by Gasteiger charge is -2.10. The number of aromatic nitrogens is 2. The van der Waals surface area contributed by atoms with Crippen LogP contribution in [-0.2, 0) is 17.1 Å². The zero-order valence-electron chi connectivity index (χ0n) is 10.5. The highest BCUT2D eigenvalue weighted by Gasteiger charge is 2.24. The van der Waals surface area contributed by atoms with Gasteiger partial charge in [0.15, 0.2) is 0 Å². The van der Waals surface area contributed by atoms with Crippen LogP contribution in [0.25, 0.3) is 0 Å². The Morgan fingerprint density at radius 3 is 2.67 bits per heavy atom. The van der Waals surface area contributed by atoms with Gasteiger partial charge >= 0.3 is 5.97 Å². The molecular weight excluding hydrogens is 325 g/mol. The Morgan fingerprint density at radius 1 is 1.48 bits per heavy atom. The molecule has 0 radical (unpaired) electrons. The van der Waals surface area contributed by atoms with E-state index in [9.17, 15) is 17.6 Å². The Labute approximate surface area is 124 Å². The van der Waals surface area contributed by atoms with Gasteiger partial charge in [0.25, 0.3) is 10.0 Å². The lowest BCUT2D eigenvalue weighted by atomic mass is 10.2. The first-order chi connectivity index (χ1) is 9.72. The number of benzene rings is 1. The second-order valence-corrected chi connectivity index (χ2v) is 6.07. The maximum atomic E-state index is 13.8. The highest BCUT2D eigenvalue weighted by molar-refractivity contribution is 7.92. The van der Waals surface area contributed by atoms with E-state index in [2.05, 4.69) is 9.82 Å². The number of carboxylic acid groups (broad SMARTS) is 1. The highest BCUT2D eigenvalue weighted by atomic mass is 35.5. The van der Waals surface area contributed by atoms with Crippen LogP contribution in [0.4, 0.5) is 10.2 Å². The zero-order valence-corrected chi connectivity index (χ0v) is 12.1. The maximum Gasteiger partial charge on any atom is 0.337 e. The number of halogens is 2. The van der Waals surface area contributed by atoms with Gasteiger partial charge in [-0.2, -0.15) is 5.10 Å². The quantitative estimate of drug-likeness (QED) is 0.887. The van der Waals surface area contributed by atoms with E-state index in [1.54, 1.807) is 0 Å². The monoisotopic (exact) mass is 333 g/mol. The van der Waals surface area contributed by atoms with Gasteiger partial charge in [-0.3, -0.25) is 9.40 Å². The smallest absolute Gasteiger partial charge is 0.337 e. The molecule has 0 amide bonds. The number of hydrogen-bond acceptors (Lipinski definition) is 4. The van der Waals surface area contributed by atoms with Crippen molar-refractivity contribution in [2.75, 3.05) is 4.72 Å². The van der Waals surface area contributed by atoms with E-state index >= 15 is 0 Å². The fourth-order valence-electron chi connectivity index (χ4n) is 1.57. The number of rotatable bonds is 4. The van der Waals surface area contributed by atoms with Gasteiger partial charge in [-0.1, -0.05) is 11.6 Å². The molecule has 1 aromatic heterocycles. The Balaban J connectivity index is 2.52. The van der Waals surface area contributed by atoms with Crippen molar-refractivity contribution in [1.29, 1.82) is 0 Å². The van der Waals surface area contributed by atoms with E-state index in [0.29, 0.717) is 12.1 Å². The average Bonchev–Trinajstić information content (AvgIpc) is 2.73. The molecule has 0 atom stereocenters. The number of aryl methyl sites for hydroxylation is 1. The maximum absolute atomic E-state index is 13.8. The Morgan fingerprint density at radius 2 is 2.14 bits per heavy atom. The molecule has 0 unspecified atom stereocenters. The molecule has 2 aromatic rings. The summed E-state index contributed by atoms with van der Waals surface area (Å²) >= 11 is 5.56. The van der Waals surface area contributed by atoms with Gasteiger partial charge in [-0.05, 0) is 12.1 Å². The number of sulfonamides is 1. The van der Waals surface area contributed by atoms with Crippen molar-refractivity contribution < 1.29 is 22.7 Å². The molecule has 21 heavy (non-hydrogen) atoms. The molecule has 2 N–H and O–H groups in total. The number of nitrogens with zero attached hydrogens (tertiary/aromatic N) is 2. The number of carboxylic acids is 1. The number of anilines is 1. The predicted molar refractivity (Wildman–Crippen MR) is 72.4 cm³/mol. The summed E-state index contributed by atoms with van der Waals surface area (Å²) in [6.45, 7) is 0. The summed E-state index contributed by atoms with van der Waals surface area (Å²) in [7, 11) is -2.83.